The van der Waals surface area contributed by atoms with Crippen LogP contribution in [-0.4, -0.2) is 21.3 Å². The largest absolute Gasteiger partial charge is 0.507 e. The van der Waals surface area contributed by atoms with E-state index in [4.69, 9.17) is 0 Å². The molecule has 4 heteroatoms. The second-order valence-electron chi connectivity index (χ2n) is 15.3. The zero-order valence-electron chi connectivity index (χ0n) is 25.5. The molecule has 0 aliphatic carbocycles. The van der Waals surface area contributed by atoms with Gasteiger partial charge in [-0.2, -0.15) is 0 Å². The number of carbonyl (C=O) groups is 1. The number of phenols is 2. The van der Waals surface area contributed by atoms with Gasteiger partial charge in [-0.25, -0.2) is 0 Å². The van der Waals surface area contributed by atoms with Crippen LogP contribution in [0.15, 0.2) is 24.3 Å². The maximum Gasteiger partial charge on any atom is 0.310 e. The van der Waals surface area contributed by atoms with Crippen molar-refractivity contribution in [1.29, 1.82) is 0 Å². The van der Waals surface area contributed by atoms with Crippen molar-refractivity contribution in [2.75, 3.05) is 0 Å². The Bertz CT molecular complexity index is 1010. The van der Waals surface area contributed by atoms with E-state index < -0.39 is 11.4 Å². The standard InChI is InChI=1S/C33H50O4/c1-29(2,3)22-14-20(15-23(26(22)34)30(4,5)6)18-33(13,28(36)37)19-21-16-24(31(7,8)9)27(35)25(17-21)32(10,11)12/h14-17,34-35H,18-19H2,1-13H3,(H,36,37). The van der Waals surface area contributed by atoms with Gasteiger partial charge in [0, 0.05) is 0 Å². The third kappa shape index (κ3) is 6.89. The number of hydrogen-bond donors (Lipinski definition) is 3. The van der Waals surface area contributed by atoms with Gasteiger partial charge in [0.2, 0.25) is 0 Å². The van der Waals surface area contributed by atoms with Crippen LogP contribution < -0.4 is 0 Å². The molecule has 206 valence electrons. The number of aromatic hydroxyl groups is 2. The predicted molar refractivity (Wildman–Crippen MR) is 154 cm³/mol. The summed E-state index contributed by atoms with van der Waals surface area (Å²) in [6, 6.07) is 7.90. The monoisotopic (exact) mass is 510 g/mol. The second kappa shape index (κ2) is 9.67. The van der Waals surface area contributed by atoms with E-state index in [1.807, 2.05) is 24.3 Å². The summed E-state index contributed by atoms with van der Waals surface area (Å²) < 4.78 is 0. The fourth-order valence-electron chi connectivity index (χ4n) is 4.99. The fraction of sp³-hybridized carbons (Fsp3) is 0.606. The van der Waals surface area contributed by atoms with Gasteiger partial charge in [0.15, 0.2) is 0 Å². The highest BCUT2D eigenvalue weighted by Gasteiger charge is 2.37. The fourth-order valence-corrected chi connectivity index (χ4v) is 4.99. The number of rotatable bonds is 5. The van der Waals surface area contributed by atoms with Crippen LogP contribution in [0.25, 0.3) is 0 Å². The van der Waals surface area contributed by atoms with Crippen LogP contribution in [0.2, 0.25) is 0 Å². The van der Waals surface area contributed by atoms with E-state index in [0.29, 0.717) is 24.3 Å². The topological polar surface area (TPSA) is 77.8 Å². The van der Waals surface area contributed by atoms with Crippen LogP contribution >= 0.6 is 0 Å². The Hall–Kier alpha value is -2.49. The summed E-state index contributed by atoms with van der Waals surface area (Å²) in [6.07, 6.45) is 0.650. The summed E-state index contributed by atoms with van der Waals surface area (Å²) in [4.78, 5) is 12.8. The molecule has 0 amide bonds. The molecular weight excluding hydrogens is 460 g/mol. The average molecular weight is 511 g/mol. The van der Waals surface area contributed by atoms with Crippen LogP contribution in [0.4, 0.5) is 0 Å². The van der Waals surface area contributed by atoms with E-state index in [1.165, 1.54) is 0 Å². The van der Waals surface area contributed by atoms with Crippen molar-refractivity contribution in [2.45, 2.75) is 125 Å². The van der Waals surface area contributed by atoms with Crippen molar-refractivity contribution in [2.24, 2.45) is 5.41 Å². The molecule has 0 fully saturated rings. The van der Waals surface area contributed by atoms with Crippen LogP contribution in [0, 0.1) is 5.41 Å². The first-order chi connectivity index (χ1) is 16.4. The zero-order chi connectivity index (χ0) is 28.9. The highest BCUT2D eigenvalue weighted by molar-refractivity contribution is 5.75. The van der Waals surface area contributed by atoms with Crippen molar-refractivity contribution >= 4 is 5.97 Å². The molecule has 4 nitrogen and oxygen atoms in total. The first kappa shape index (κ1) is 30.7. The number of benzene rings is 2. The Labute approximate surface area is 225 Å². The Balaban J connectivity index is 2.70. The van der Waals surface area contributed by atoms with Crippen molar-refractivity contribution in [3.8, 4) is 11.5 Å². The molecule has 0 heterocycles. The van der Waals surface area contributed by atoms with Gasteiger partial charge in [0.25, 0.3) is 0 Å². The van der Waals surface area contributed by atoms with E-state index in [0.717, 1.165) is 33.4 Å². The quantitative estimate of drug-likeness (QED) is 0.379. The molecule has 2 rings (SSSR count). The summed E-state index contributed by atoms with van der Waals surface area (Å²) in [5, 5.41) is 32.7. The van der Waals surface area contributed by atoms with Crippen molar-refractivity contribution in [3.05, 3.63) is 57.6 Å². The lowest BCUT2D eigenvalue weighted by Gasteiger charge is -2.32. The molecule has 0 aliphatic rings. The van der Waals surface area contributed by atoms with Gasteiger partial charge in [0.05, 0.1) is 5.41 Å². The minimum Gasteiger partial charge on any atom is -0.507 e. The third-order valence-electron chi connectivity index (χ3n) is 7.28. The van der Waals surface area contributed by atoms with Gasteiger partial charge in [-0.05, 0) is 74.8 Å². The molecule has 0 saturated heterocycles. The van der Waals surface area contributed by atoms with Crippen LogP contribution in [0.5, 0.6) is 11.5 Å². The van der Waals surface area contributed by atoms with E-state index in [-0.39, 0.29) is 21.7 Å². The van der Waals surface area contributed by atoms with Crippen LogP contribution in [0.3, 0.4) is 0 Å². The number of carboxylic acids is 1. The van der Waals surface area contributed by atoms with E-state index >= 15 is 0 Å². The molecule has 3 N–H and O–H groups in total. The Morgan fingerprint density at radius 3 is 0.919 bits per heavy atom. The molecule has 2 aromatic carbocycles. The van der Waals surface area contributed by atoms with Gasteiger partial charge in [-0.15, -0.1) is 0 Å². The first-order valence-electron chi connectivity index (χ1n) is 13.3. The molecule has 0 saturated carbocycles. The third-order valence-corrected chi connectivity index (χ3v) is 7.28. The van der Waals surface area contributed by atoms with Crippen LogP contribution in [0.1, 0.15) is 123 Å². The molecule has 37 heavy (non-hydrogen) atoms. The Kier molecular flexibility index (Phi) is 8.03. The predicted octanol–water partition coefficient (Wildman–Crippen LogP) is 8.16. The molecule has 0 bridgehead atoms. The lowest BCUT2D eigenvalue weighted by atomic mass is 9.72. The average Bonchev–Trinajstić information content (AvgIpc) is 2.66. The summed E-state index contributed by atoms with van der Waals surface area (Å²) in [5.74, 6) is -0.272. The smallest absolute Gasteiger partial charge is 0.310 e. The molecule has 0 unspecified atom stereocenters. The van der Waals surface area contributed by atoms with Crippen LogP contribution in [-0.2, 0) is 39.3 Å². The molecule has 0 radical (unpaired) electrons. The summed E-state index contributed by atoms with van der Waals surface area (Å²) >= 11 is 0. The number of hydrogen-bond acceptors (Lipinski definition) is 3. The Morgan fingerprint density at radius 2 is 0.757 bits per heavy atom. The Morgan fingerprint density at radius 1 is 0.541 bits per heavy atom. The molecule has 0 aromatic heterocycles. The van der Waals surface area contributed by atoms with Crippen molar-refractivity contribution in [1.82, 2.24) is 0 Å². The molecule has 2 aromatic rings. The van der Waals surface area contributed by atoms with Gasteiger partial charge in [-0.1, -0.05) is 107 Å². The maximum atomic E-state index is 12.8. The highest BCUT2D eigenvalue weighted by Crippen LogP contribution is 2.43. The normalized spacial score (nSPS) is 13.6. The lowest BCUT2D eigenvalue weighted by molar-refractivity contribution is -0.147. The second-order valence-corrected chi connectivity index (χ2v) is 15.3. The lowest BCUT2D eigenvalue weighted by Crippen LogP contribution is -2.33. The van der Waals surface area contributed by atoms with Gasteiger partial charge < -0.3 is 15.3 Å². The van der Waals surface area contributed by atoms with Gasteiger partial charge >= 0.3 is 5.97 Å². The summed E-state index contributed by atoms with van der Waals surface area (Å²) in [7, 11) is 0. The minimum absolute atomic E-state index is 0.292. The van der Waals surface area contributed by atoms with E-state index in [9.17, 15) is 20.1 Å². The summed E-state index contributed by atoms with van der Waals surface area (Å²) in [6.45, 7) is 26.6. The number of phenolic OH excluding ortho intramolecular Hbond substituents is 2. The van der Waals surface area contributed by atoms with Gasteiger partial charge in [0.1, 0.15) is 11.5 Å². The minimum atomic E-state index is -1.08. The number of aliphatic carboxylic acids is 1. The SMILES string of the molecule is CC(Cc1cc(C(C)(C)C)c(O)c(C(C)(C)C)c1)(Cc1cc(C(C)(C)C)c(O)c(C(C)(C)C)c1)C(=O)O. The van der Waals surface area contributed by atoms with Gasteiger partial charge in [-0.3, -0.25) is 4.79 Å². The zero-order valence-corrected chi connectivity index (χ0v) is 25.5. The molecule has 0 spiro atoms. The summed E-state index contributed by atoms with van der Waals surface area (Å²) in [5.41, 5.74) is 2.89. The first-order valence-corrected chi connectivity index (χ1v) is 13.3. The molecular formula is C33H50O4. The molecule has 0 atom stereocenters. The highest BCUT2D eigenvalue weighted by atomic mass is 16.4. The van der Waals surface area contributed by atoms with Crippen molar-refractivity contribution < 1.29 is 20.1 Å². The number of carboxylic acid groups (broad SMARTS) is 1. The van der Waals surface area contributed by atoms with Crippen molar-refractivity contribution in [3.63, 3.8) is 0 Å². The maximum absolute atomic E-state index is 12.8. The van der Waals surface area contributed by atoms with E-state index in [2.05, 4.69) is 83.1 Å². The molecule has 0 aliphatic heterocycles. The van der Waals surface area contributed by atoms with E-state index in [1.54, 1.807) is 6.92 Å².